The van der Waals surface area contributed by atoms with Gasteiger partial charge in [0.15, 0.2) is 0 Å². The summed E-state index contributed by atoms with van der Waals surface area (Å²) in [4.78, 5) is 8.35. The van der Waals surface area contributed by atoms with E-state index in [1.54, 1.807) is 0 Å². The number of nitrogen functional groups attached to an aromatic ring is 1. The third-order valence-corrected chi connectivity index (χ3v) is 4.23. The second-order valence-electron chi connectivity index (χ2n) is 5.87. The summed E-state index contributed by atoms with van der Waals surface area (Å²) in [5, 5.41) is 5.82. The molecular formula is C19H19N5. The molecule has 4 rings (SSSR count). The standard InChI is InChI=1S/C19H19N5/c1-3-24-16-7-5-4-6-14(16)15-11-13(8-9-17(15)24)22-18-10-12(2)21-19(20)23-18/h4-11H,3H2,1-2H3,(H3,20,21,22,23). The Morgan fingerprint density at radius 3 is 2.58 bits per heavy atom. The van der Waals surface area contributed by atoms with Crippen molar-refractivity contribution >= 4 is 39.3 Å². The monoisotopic (exact) mass is 317 g/mol. The van der Waals surface area contributed by atoms with Crippen molar-refractivity contribution in [2.45, 2.75) is 20.4 Å². The number of nitrogens with two attached hydrogens (primary N) is 1. The normalized spacial score (nSPS) is 11.2. The number of aryl methyl sites for hydroxylation is 2. The Morgan fingerprint density at radius 2 is 1.79 bits per heavy atom. The Labute approximate surface area is 140 Å². The molecule has 4 aromatic rings. The van der Waals surface area contributed by atoms with Crippen molar-refractivity contribution in [3.8, 4) is 0 Å². The molecule has 24 heavy (non-hydrogen) atoms. The molecule has 2 aromatic heterocycles. The Kier molecular flexibility index (Phi) is 3.34. The fourth-order valence-electron chi connectivity index (χ4n) is 3.28. The molecule has 2 aromatic carbocycles. The highest BCUT2D eigenvalue weighted by molar-refractivity contribution is 6.09. The topological polar surface area (TPSA) is 68.8 Å². The van der Waals surface area contributed by atoms with Crippen molar-refractivity contribution in [2.24, 2.45) is 0 Å². The van der Waals surface area contributed by atoms with Crippen molar-refractivity contribution in [3.63, 3.8) is 0 Å². The molecular weight excluding hydrogens is 298 g/mol. The van der Waals surface area contributed by atoms with Crippen molar-refractivity contribution < 1.29 is 0 Å². The number of anilines is 3. The number of para-hydroxylation sites is 1. The molecule has 0 atom stereocenters. The van der Waals surface area contributed by atoms with Crippen molar-refractivity contribution in [1.82, 2.24) is 14.5 Å². The van der Waals surface area contributed by atoms with E-state index in [1.807, 2.05) is 13.0 Å². The maximum atomic E-state index is 5.73. The molecule has 0 fully saturated rings. The van der Waals surface area contributed by atoms with Gasteiger partial charge in [-0.05, 0) is 38.1 Å². The summed E-state index contributed by atoms with van der Waals surface area (Å²) in [5.41, 5.74) is 10.1. The molecule has 0 radical (unpaired) electrons. The van der Waals surface area contributed by atoms with Gasteiger partial charge in [-0.1, -0.05) is 18.2 Å². The Balaban J connectivity index is 1.85. The van der Waals surface area contributed by atoms with Crippen LogP contribution in [-0.2, 0) is 6.54 Å². The van der Waals surface area contributed by atoms with Crippen molar-refractivity contribution in [3.05, 3.63) is 54.2 Å². The van der Waals surface area contributed by atoms with Crippen LogP contribution < -0.4 is 11.1 Å². The van der Waals surface area contributed by atoms with Gasteiger partial charge < -0.3 is 15.6 Å². The van der Waals surface area contributed by atoms with Gasteiger partial charge in [0.05, 0.1) is 0 Å². The van der Waals surface area contributed by atoms with Crippen LogP contribution in [0.3, 0.4) is 0 Å². The highest BCUT2D eigenvalue weighted by atomic mass is 15.1. The minimum atomic E-state index is 0.279. The van der Waals surface area contributed by atoms with E-state index >= 15 is 0 Å². The molecule has 0 aliphatic heterocycles. The first-order chi connectivity index (χ1) is 11.7. The van der Waals surface area contributed by atoms with Crippen LogP contribution in [0.4, 0.5) is 17.5 Å². The van der Waals surface area contributed by atoms with E-state index < -0.39 is 0 Å². The van der Waals surface area contributed by atoms with Gasteiger partial charge in [0.2, 0.25) is 5.95 Å². The number of aromatic nitrogens is 3. The zero-order valence-corrected chi connectivity index (χ0v) is 13.7. The predicted molar refractivity (Wildman–Crippen MR) is 99.6 cm³/mol. The minimum Gasteiger partial charge on any atom is -0.368 e. The number of benzene rings is 2. The van der Waals surface area contributed by atoms with Gasteiger partial charge in [0.25, 0.3) is 0 Å². The fourth-order valence-corrected chi connectivity index (χ4v) is 3.28. The molecule has 0 saturated carbocycles. The summed E-state index contributed by atoms with van der Waals surface area (Å²) in [6.45, 7) is 5.02. The van der Waals surface area contributed by atoms with E-state index in [-0.39, 0.29) is 5.95 Å². The van der Waals surface area contributed by atoms with Gasteiger partial charge in [-0.25, -0.2) is 4.98 Å². The summed E-state index contributed by atoms with van der Waals surface area (Å²) in [6.07, 6.45) is 0. The Hall–Kier alpha value is -3.08. The summed E-state index contributed by atoms with van der Waals surface area (Å²) >= 11 is 0. The Morgan fingerprint density at radius 1 is 1.00 bits per heavy atom. The number of hydrogen-bond acceptors (Lipinski definition) is 4. The first kappa shape index (κ1) is 14.5. The maximum Gasteiger partial charge on any atom is 0.222 e. The zero-order valence-electron chi connectivity index (χ0n) is 13.7. The van der Waals surface area contributed by atoms with E-state index in [4.69, 9.17) is 5.73 Å². The fraction of sp³-hybridized carbons (Fsp3) is 0.158. The van der Waals surface area contributed by atoms with Crippen LogP contribution in [0, 0.1) is 6.92 Å². The average Bonchev–Trinajstić information content (AvgIpc) is 2.87. The van der Waals surface area contributed by atoms with Crippen LogP contribution in [0.5, 0.6) is 0 Å². The molecule has 0 spiro atoms. The highest BCUT2D eigenvalue weighted by Crippen LogP contribution is 2.31. The first-order valence-corrected chi connectivity index (χ1v) is 8.05. The minimum absolute atomic E-state index is 0.279. The lowest BCUT2D eigenvalue weighted by atomic mass is 10.1. The van der Waals surface area contributed by atoms with Gasteiger partial charge in [0, 0.05) is 45.8 Å². The molecule has 0 aliphatic rings. The lowest BCUT2D eigenvalue weighted by Gasteiger charge is -2.08. The number of fused-ring (bicyclic) bond motifs is 3. The van der Waals surface area contributed by atoms with Gasteiger partial charge in [0.1, 0.15) is 5.82 Å². The van der Waals surface area contributed by atoms with Crippen molar-refractivity contribution in [2.75, 3.05) is 11.1 Å². The molecule has 0 bridgehead atoms. The van der Waals surface area contributed by atoms with Crippen LogP contribution in [-0.4, -0.2) is 14.5 Å². The summed E-state index contributed by atoms with van der Waals surface area (Å²) in [7, 11) is 0. The van der Waals surface area contributed by atoms with E-state index in [0.29, 0.717) is 5.82 Å². The molecule has 0 unspecified atom stereocenters. The van der Waals surface area contributed by atoms with Crippen molar-refractivity contribution in [1.29, 1.82) is 0 Å². The lowest BCUT2D eigenvalue weighted by molar-refractivity contribution is 0.827. The number of rotatable bonds is 3. The summed E-state index contributed by atoms with van der Waals surface area (Å²) in [5.74, 6) is 0.986. The summed E-state index contributed by atoms with van der Waals surface area (Å²) in [6, 6.07) is 16.8. The summed E-state index contributed by atoms with van der Waals surface area (Å²) < 4.78 is 2.33. The highest BCUT2D eigenvalue weighted by Gasteiger charge is 2.10. The number of nitrogens with one attached hydrogen (secondary N) is 1. The molecule has 5 heteroatoms. The van der Waals surface area contributed by atoms with Crippen LogP contribution >= 0.6 is 0 Å². The van der Waals surface area contributed by atoms with Gasteiger partial charge >= 0.3 is 0 Å². The van der Waals surface area contributed by atoms with E-state index in [2.05, 4.69) is 69.2 Å². The third-order valence-electron chi connectivity index (χ3n) is 4.23. The van der Waals surface area contributed by atoms with Gasteiger partial charge in [-0.2, -0.15) is 4.98 Å². The van der Waals surface area contributed by atoms with Gasteiger partial charge in [-0.15, -0.1) is 0 Å². The van der Waals surface area contributed by atoms with E-state index in [1.165, 1.54) is 21.8 Å². The number of hydrogen-bond donors (Lipinski definition) is 2. The zero-order chi connectivity index (χ0) is 16.7. The van der Waals surface area contributed by atoms with Crippen LogP contribution in [0.25, 0.3) is 21.8 Å². The third kappa shape index (κ3) is 2.34. The molecule has 0 saturated heterocycles. The molecule has 0 aliphatic carbocycles. The second-order valence-corrected chi connectivity index (χ2v) is 5.87. The van der Waals surface area contributed by atoms with E-state index in [9.17, 15) is 0 Å². The van der Waals surface area contributed by atoms with Gasteiger partial charge in [-0.3, -0.25) is 0 Å². The maximum absolute atomic E-state index is 5.73. The SMILES string of the molecule is CCn1c2ccccc2c2cc(Nc3cc(C)nc(N)n3)ccc21. The quantitative estimate of drug-likeness (QED) is 0.593. The van der Waals surface area contributed by atoms with E-state index in [0.717, 1.165) is 17.9 Å². The number of nitrogens with zero attached hydrogens (tertiary/aromatic N) is 3. The van der Waals surface area contributed by atoms with Crippen LogP contribution in [0.15, 0.2) is 48.5 Å². The first-order valence-electron chi connectivity index (χ1n) is 8.05. The smallest absolute Gasteiger partial charge is 0.222 e. The Bertz CT molecular complexity index is 1030. The molecule has 2 heterocycles. The molecule has 5 nitrogen and oxygen atoms in total. The predicted octanol–water partition coefficient (Wildman–Crippen LogP) is 4.24. The second kappa shape index (κ2) is 5.53. The largest absolute Gasteiger partial charge is 0.368 e. The molecule has 3 N–H and O–H groups in total. The lowest BCUT2D eigenvalue weighted by Crippen LogP contribution is -2.01. The average molecular weight is 317 g/mol. The van der Waals surface area contributed by atoms with Crippen LogP contribution in [0.1, 0.15) is 12.6 Å². The molecule has 0 amide bonds. The molecule has 120 valence electrons. The van der Waals surface area contributed by atoms with Crippen LogP contribution in [0.2, 0.25) is 0 Å².